The summed E-state index contributed by atoms with van der Waals surface area (Å²) in [5.41, 5.74) is 5.48. The Balaban J connectivity index is 2.80. The molecule has 0 aliphatic heterocycles. The third-order valence-electron chi connectivity index (χ3n) is 1.93. The summed E-state index contributed by atoms with van der Waals surface area (Å²) in [6, 6.07) is 5.13. The molecule has 1 aromatic carbocycles. The first-order valence-electron chi connectivity index (χ1n) is 4.72. The van der Waals surface area contributed by atoms with Crippen molar-refractivity contribution in [3.63, 3.8) is 0 Å². The summed E-state index contributed by atoms with van der Waals surface area (Å²) in [6.45, 7) is 1.64. The summed E-state index contributed by atoms with van der Waals surface area (Å²) in [6.07, 6.45) is 0.129. The number of rotatable bonds is 5. The molecule has 86 valence electrons. The summed E-state index contributed by atoms with van der Waals surface area (Å²) < 4.78 is 6.15. The molecule has 0 unspecified atom stereocenters. The quantitative estimate of drug-likeness (QED) is 0.840. The fourth-order valence-corrected chi connectivity index (χ4v) is 1.51. The number of benzene rings is 1. The number of ketones is 1. The Morgan fingerprint density at radius 1 is 1.44 bits per heavy atom. The summed E-state index contributed by atoms with van der Waals surface area (Å²) in [7, 11) is 0. The van der Waals surface area contributed by atoms with Gasteiger partial charge in [-0.25, -0.2) is 0 Å². The van der Waals surface area contributed by atoms with Crippen LogP contribution in [0.1, 0.15) is 23.7 Å². The molecule has 1 aromatic rings. The predicted molar refractivity (Wildman–Crippen MR) is 63.5 cm³/mol. The number of carbonyl (C=O) groups excluding carboxylic acids is 2. The van der Waals surface area contributed by atoms with E-state index in [9.17, 15) is 9.59 Å². The average molecular weight is 286 g/mol. The highest BCUT2D eigenvalue weighted by Gasteiger charge is 2.09. The first kappa shape index (κ1) is 12.7. The van der Waals surface area contributed by atoms with Crippen molar-refractivity contribution in [2.45, 2.75) is 13.3 Å². The lowest BCUT2D eigenvalue weighted by molar-refractivity contribution is -0.118. The van der Waals surface area contributed by atoms with Gasteiger partial charge in [0.1, 0.15) is 5.75 Å². The zero-order valence-electron chi connectivity index (χ0n) is 8.83. The molecule has 0 saturated heterocycles. The molecule has 5 heteroatoms. The molecule has 0 aliphatic rings. The minimum absolute atomic E-state index is 0.0819. The van der Waals surface area contributed by atoms with Crippen molar-refractivity contribution >= 4 is 27.6 Å². The van der Waals surface area contributed by atoms with E-state index >= 15 is 0 Å². The number of primary amides is 1. The highest BCUT2D eigenvalue weighted by molar-refractivity contribution is 9.10. The van der Waals surface area contributed by atoms with E-state index in [2.05, 4.69) is 15.9 Å². The molecule has 1 rings (SSSR count). The number of ether oxygens (including phenoxy) is 1. The van der Waals surface area contributed by atoms with E-state index in [1.165, 1.54) is 6.92 Å². The molecule has 0 bridgehead atoms. The fraction of sp³-hybridized carbons (Fsp3) is 0.273. The van der Waals surface area contributed by atoms with Gasteiger partial charge in [0.05, 0.1) is 18.6 Å². The van der Waals surface area contributed by atoms with Crippen LogP contribution in [-0.2, 0) is 4.79 Å². The van der Waals surface area contributed by atoms with Crippen molar-refractivity contribution in [1.29, 1.82) is 0 Å². The lowest BCUT2D eigenvalue weighted by Crippen LogP contribution is -2.15. The predicted octanol–water partition coefficient (Wildman–Crippen LogP) is 1.91. The van der Waals surface area contributed by atoms with Gasteiger partial charge >= 0.3 is 0 Å². The van der Waals surface area contributed by atoms with Crippen LogP contribution in [0.15, 0.2) is 22.7 Å². The highest BCUT2D eigenvalue weighted by Crippen LogP contribution is 2.24. The second-order valence-corrected chi connectivity index (χ2v) is 4.18. The Morgan fingerprint density at radius 3 is 2.69 bits per heavy atom. The molecule has 0 aromatic heterocycles. The van der Waals surface area contributed by atoms with E-state index in [0.29, 0.717) is 11.3 Å². The summed E-state index contributed by atoms with van der Waals surface area (Å²) in [5.74, 6) is -0.0518. The second-order valence-electron chi connectivity index (χ2n) is 3.26. The first-order chi connectivity index (χ1) is 7.50. The van der Waals surface area contributed by atoms with E-state index < -0.39 is 5.91 Å². The van der Waals surface area contributed by atoms with Gasteiger partial charge in [-0.3, -0.25) is 9.59 Å². The zero-order chi connectivity index (χ0) is 12.1. The van der Waals surface area contributed by atoms with Crippen molar-refractivity contribution in [3.8, 4) is 5.75 Å². The minimum Gasteiger partial charge on any atom is -0.492 e. The van der Waals surface area contributed by atoms with Crippen LogP contribution >= 0.6 is 15.9 Å². The molecule has 2 N–H and O–H groups in total. The number of amides is 1. The SMILES string of the molecule is CC(=O)c1ccc(Br)cc1OCCC(N)=O. The molecule has 0 saturated carbocycles. The molecular weight excluding hydrogens is 274 g/mol. The lowest BCUT2D eigenvalue weighted by atomic mass is 10.1. The van der Waals surface area contributed by atoms with Crippen LogP contribution < -0.4 is 10.5 Å². The molecular formula is C11H12BrNO3. The van der Waals surface area contributed by atoms with Gasteiger partial charge in [0, 0.05) is 4.47 Å². The van der Waals surface area contributed by atoms with E-state index in [1.807, 2.05) is 0 Å². The maximum Gasteiger partial charge on any atom is 0.220 e. The van der Waals surface area contributed by atoms with Gasteiger partial charge in [-0.1, -0.05) is 15.9 Å². The topological polar surface area (TPSA) is 69.4 Å². The third kappa shape index (κ3) is 3.66. The van der Waals surface area contributed by atoms with E-state index in [0.717, 1.165) is 4.47 Å². The van der Waals surface area contributed by atoms with Crippen LogP contribution in [0, 0.1) is 0 Å². The number of carbonyl (C=O) groups is 2. The Morgan fingerprint density at radius 2 is 2.12 bits per heavy atom. The smallest absolute Gasteiger partial charge is 0.220 e. The summed E-state index contributed by atoms with van der Waals surface area (Å²) in [4.78, 5) is 21.8. The van der Waals surface area contributed by atoms with Gasteiger partial charge in [0.15, 0.2) is 5.78 Å². The largest absolute Gasteiger partial charge is 0.492 e. The molecule has 0 spiro atoms. The number of halogens is 1. The number of hydrogen-bond donors (Lipinski definition) is 1. The van der Waals surface area contributed by atoms with Crippen molar-refractivity contribution in [2.75, 3.05) is 6.61 Å². The highest BCUT2D eigenvalue weighted by atomic mass is 79.9. The van der Waals surface area contributed by atoms with Crippen molar-refractivity contribution in [3.05, 3.63) is 28.2 Å². The van der Waals surface area contributed by atoms with Gasteiger partial charge in [0.25, 0.3) is 0 Å². The molecule has 0 fully saturated rings. The summed E-state index contributed by atoms with van der Waals surface area (Å²) >= 11 is 3.28. The van der Waals surface area contributed by atoms with E-state index in [1.54, 1.807) is 18.2 Å². The summed E-state index contributed by atoms with van der Waals surface area (Å²) in [5, 5.41) is 0. The number of Topliss-reactive ketones (excluding diaryl/α,β-unsaturated/α-hetero) is 1. The minimum atomic E-state index is -0.431. The Labute approximate surface area is 102 Å². The maximum atomic E-state index is 11.3. The van der Waals surface area contributed by atoms with Gasteiger partial charge in [-0.05, 0) is 25.1 Å². The lowest BCUT2D eigenvalue weighted by Gasteiger charge is -2.09. The average Bonchev–Trinajstić information content (AvgIpc) is 2.16. The molecule has 0 atom stereocenters. The van der Waals surface area contributed by atoms with Gasteiger partial charge in [-0.2, -0.15) is 0 Å². The molecule has 1 amide bonds. The van der Waals surface area contributed by atoms with Gasteiger partial charge in [0.2, 0.25) is 5.91 Å². The van der Waals surface area contributed by atoms with Crippen LogP contribution in [0.4, 0.5) is 0 Å². The standard InChI is InChI=1S/C11H12BrNO3/c1-7(14)9-3-2-8(12)6-10(9)16-5-4-11(13)15/h2-3,6H,4-5H2,1H3,(H2,13,15). The van der Waals surface area contributed by atoms with Crippen LogP contribution in [0.5, 0.6) is 5.75 Å². The van der Waals surface area contributed by atoms with E-state index in [-0.39, 0.29) is 18.8 Å². The first-order valence-corrected chi connectivity index (χ1v) is 5.51. The van der Waals surface area contributed by atoms with Crippen molar-refractivity contribution < 1.29 is 14.3 Å². The monoisotopic (exact) mass is 285 g/mol. The molecule has 0 radical (unpaired) electrons. The zero-order valence-corrected chi connectivity index (χ0v) is 10.4. The van der Waals surface area contributed by atoms with Crippen molar-refractivity contribution in [1.82, 2.24) is 0 Å². The van der Waals surface area contributed by atoms with Crippen LogP contribution in [0.2, 0.25) is 0 Å². The maximum absolute atomic E-state index is 11.3. The second kappa shape index (κ2) is 5.65. The Kier molecular flexibility index (Phi) is 4.49. The third-order valence-corrected chi connectivity index (χ3v) is 2.42. The van der Waals surface area contributed by atoms with Crippen LogP contribution in [0.3, 0.4) is 0 Å². The van der Waals surface area contributed by atoms with Gasteiger partial charge in [-0.15, -0.1) is 0 Å². The Hall–Kier alpha value is -1.36. The molecule has 16 heavy (non-hydrogen) atoms. The van der Waals surface area contributed by atoms with Crippen molar-refractivity contribution in [2.24, 2.45) is 5.73 Å². The normalized spacial score (nSPS) is 9.88. The fourth-order valence-electron chi connectivity index (χ4n) is 1.17. The molecule has 0 aliphatic carbocycles. The van der Waals surface area contributed by atoms with Gasteiger partial charge < -0.3 is 10.5 Å². The van der Waals surface area contributed by atoms with Crippen LogP contribution in [-0.4, -0.2) is 18.3 Å². The number of hydrogen-bond acceptors (Lipinski definition) is 3. The van der Waals surface area contributed by atoms with E-state index in [4.69, 9.17) is 10.5 Å². The Bertz CT molecular complexity index is 418. The number of nitrogens with two attached hydrogens (primary N) is 1. The molecule has 0 heterocycles. The van der Waals surface area contributed by atoms with Crippen LogP contribution in [0.25, 0.3) is 0 Å². The molecule has 4 nitrogen and oxygen atoms in total.